The van der Waals surface area contributed by atoms with Crippen molar-refractivity contribution in [3.8, 4) is 0 Å². The maximum Gasteiger partial charge on any atom is 0.289 e. The first-order valence-corrected chi connectivity index (χ1v) is 6.54. The van der Waals surface area contributed by atoms with Crippen LogP contribution in [0.5, 0.6) is 0 Å². The van der Waals surface area contributed by atoms with E-state index in [0.717, 1.165) is 12.3 Å². The molecule has 5 nitrogen and oxygen atoms in total. The second-order valence-electron chi connectivity index (χ2n) is 5.10. The molecule has 0 atom stereocenters. The number of hydrogen-bond acceptors (Lipinski definition) is 3. The van der Waals surface area contributed by atoms with Gasteiger partial charge in [0, 0.05) is 26.0 Å². The summed E-state index contributed by atoms with van der Waals surface area (Å²) >= 11 is 0. The molecule has 1 amide bonds. The normalized spacial score (nSPS) is 14.6. The molecule has 1 aliphatic carbocycles. The largest absolute Gasteiger partial charge is 0.454 e. The summed E-state index contributed by atoms with van der Waals surface area (Å²) in [6, 6.07) is 5.43. The van der Waals surface area contributed by atoms with Crippen molar-refractivity contribution in [1.29, 1.82) is 0 Å². The van der Waals surface area contributed by atoms with Crippen LogP contribution in [0.15, 0.2) is 35.0 Å². The number of hydrogen-bond donors (Lipinski definition) is 0. The maximum atomic E-state index is 12.1. The van der Waals surface area contributed by atoms with Crippen molar-refractivity contribution in [3.63, 3.8) is 0 Å². The lowest BCUT2D eigenvalue weighted by Gasteiger charge is -2.14. The van der Waals surface area contributed by atoms with Gasteiger partial charge >= 0.3 is 0 Å². The highest BCUT2D eigenvalue weighted by atomic mass is 16.4. The minimum atomic E-state index is -0.0429. The first-order valence-electron chi connectivity index (χ1n) is 6.54. The van der Waals surface area contributed by atoms with E-state index in [9.17, 15) is 4.79 Å². The molecule has 100 valence electrons. The topological polar surface area (TPSA) is 51.3 Å². The summed E-state index contributed by atoms with van der Waals surface area (Å²) in [4.78, 5) is 13.9. The molecule has 2 heterocycles. The highest BCUT2D eigenvalue weighted by Crippen LogP contribution is 2.29. The number of carbonyl (C=O) groups is 1. The predicted molar refractivity (Wildman–Crippen MR) is 69.7 cm³/mol. The van der Waals surface area contributed by atoms with Crippen LogP contribution < -0.4 is 0 Å². The Labute approximate surface area is 111 Å². The van der Waals surface area contributed by atoms with E-state index in [-0.39, 0.29) is 5.91 Å². The van der Waals surface area contributed by atoms with Gasteiger partial charge in [-0.1, -0.05) is 0 Å². The van der Waals surface area contributed by atoms with Crippen LogP contribution in [0.4, 0.5) is 0 Å². The molecule has 0 unspecified atom stereocenters. The van der Waals surface area contributed by atoms with E-state index in [4.69, 9.17) is 4.42 Å². The Morgan fingerprint density at radius 3 is 3.05 bits per heavy atom. The van der Waals surface area contributed by atoms with E-state index in [1.54, 1.807) is 21.8 Å². The summed E-state index contributed by atoms with van der Waals surface area (Å²) in [7, 11) is 1.83. The van der Waals surface area contributed by atoms with Crippen LogP contribution in [-0.2, 0) is 6.54 Å². The van der Waals surface area contributed by atoms with Gasteiger partial charge in [-0.05, 0) is 37.0 Å². The molecule has 2 aromatic heterocycles. The fraction of sp³-hybridized carbons (Fsp3) is 0.429. The predicted octanol–water partition coefficient (Wildman–Crippen LogP) is 2.01. The van der Waals surface area contributed by atoms with E-state index in [2.05, 4.69) is 5.10 Å². The quantitative estimate of drug-likeness (QED) is 0.825. The first kappa shape index (κ1) is 12.0. The Hall–Kier alpha value is -2.04. The Balaban J connectivity index is 1.64. The molecular weight excluding hydrogens is 242 g/mol. The second kappa shape index (κ2) is 4.91. The molecule has 0 aliphatic heterocycles. The number of furan rings is 1. The van der Waals surface area contributed by atoms with Crippen LogP contribution in [0.25, 0.3) is 0 Å². The van der Waals surface area contributed by atoms with Crippen LogP contribution >= 0.6 is 0 Å². The smallest absolute Gasteiger partial charge is 0.289 e. The molecule has 19 heavy (non-hydrogen) atoms. The number of rotatable bonds is 5. The zero-order valence-corrected chi connectivity index (χ0v) is 11.0. The van der Waals surface area contributed by atoms with Crippen LogP contribution in [0.3, 0.4) is 0 Å². The van der Waals surface area contributed by atoms with Gasteiger partial charge < -0.3 is 9.32 Å². The maximum absolute atomic E-state index is 12.1. The third-order valence-corrected chi connectivity index (χ3v) is 3.33. The minimum absolute atomic E-state index is 0.0429. The standard InChI is InChI=1S/C14H17N3O2/c1-16(9-11-3-4-11)14(18)13-6-5-12(19-13)10-17-8-2-7-15-17/h2,5-8,11H,3-4,9-10H2,1H3. The van der Waals surface area contributed by atoms with Gasteiger partial charge in [-0.25, -0.2) is 0 Å². The Morgan fingerprint density at radius 2 is 2.37 bits per heavy atom. The van der Waals surface area contributed by atoms with Crippen molar-refractivity contribution < 1.29 is 9.21 Å². The van der Waals surface area contributed by atoms with Gasteiger partial charge in [-0.2, -0.15) is 5.10 Å². The average Bonchev–Trinajstić information content (AvgIpc) is 2.91. The van der Waals surface area contributed by atoms with Gasteiger partial charge in [0.25, 0.3) is 5.91 Å². The van der Waals surface area contributed by atoms with Crippen LogP contribution in [0.2, 0.25) is 0 Å². The molecule has 0 spiro atoms. The number of carbonyl (C=O) groups excluding carboxylic acids is 1. The zero-order valence-electron chi connectivity index (χ0n) is 11.0. The van der Waals surface area contributed by atoms with Crippen LogP contribution in [-0.4, -0.2) is 34.2 Å². The van der Waals surface area contributed by atoms with Crippen LogP contribution in [0, 0.1) is 5.92 Å². The lowest BCUT2D eigenvalue weighted by molar-refractivity contribution is 0.0755. The Bertz CT molecular complexity index is 555. The summed E-state index contributed by atoms with van der Waals surface area (Å²) < 4.78 is 7.35. The second-order valence-corrected chi connectivity index (χ2v) is 5.10. The third-order valence-electron chi connectivity index (χ3n) is 3.33. The van der Waals surface area contributed by atoms with Gasteiger partial charge in [0.1, 0.15) is 5.76 Å². The summed E-state index contributed by atoms with van der Waals surface area (Å²) in [5, 5.41) is 4.11. The molecule has 5 heteroatoms. The summed E-state index contributed by atoms with van der Waals surface area (Å²) in [5.74, 6) is 1.79. The van der Waals surface area contributed by atoms with Crippen molar-refractivity contribution >= 4 is 5.91 Å². The van der Waals surface area contributed by atoms with E-state index in [1.165, 1.54) is 12.8 Å². The monoisotopic (exact) mass is 259 g/mol. The molecule has 1 saturated carbocycles. The number of aromatic nitrogens is 2. The van der Waals surface area contributed by atoms with Crippen molar-refractivity contribution in [1.82, 2.24) is 14.7 Å². The summed E-state index contributed by atoms with van der Waals surface area (Å²) in [5.41, 5.74) is 0. The lowest BCUT2D eigenvalue weighted by atomic mass is 10.3. The third kappa shape index (κ3) is 2.86. The van der Waals surface area contributed by atoms with Crippen molar-refractivity contribution in [3.05, 3.63) is 42.1 Å². The SMILES string of the molecule is CN(CC1CC1)C(=O)c1ccc(Cn2cccn2)o1. The Morgan fingerprint density at radius 1 is 1.53 bits per heavy atom. The zero-order chi connectivity index (χ0) is 13.2. The van der Waals surface area contributed by atoms with Crippen molar-refractivity contribution in [2.45, 2.75) is 19.4 Å². The molecule has 1 aliphatic rings. The average molecular weight is 259 g/mol. The molecule has 0 saturated heterocycles. The van der Waals surface area contributed by atoms with E-state index in [1.807, 2.05) is 25.4 Å². The number of amides is 1. The molecule has 3 rings (SSSR count). The number of nitrogens with zero attached hydrogens (tertiary/aromatic N) is 3. The van der Waals surface area contributed by atoms with E-state index < -0.39 is 0 Å². The van der Waals surface area contributed by atoms with Gasteiger partial charge in [0.15, 0.2) is 5.76 Å². The van der Waals surface area contributed by atoms with Crippen molar-refractivity contribution in [2.24, 2.45) is 5.92 Å². The molecule has 0 aromatic carbocycles. The molecule has 0 radical (unpaired) electrons. The highest BCUT2D eigenvalue weighted by Gasteiger charge is 2.26. The van der Waals surface area contributed by atoms with Crippen molar-refractivity contribution in [2.75, 3.05) is 13.6 Å². The first-order chi connectivity index (χ1) is 9.22. The van der Waals surface area contributed by atoms with Crippen LogP contribution in [0.1, 0.15) is 29.2 Å². The molecular formula is C14H17N3O2. The van der Waals surface area contributed by atoms with E-state index in [0.29, 0.717) is 18.2 Å². The summed E-state index contributed by atoms with van der Waals surface area (Å²) in [6.45, 7) is 1.38. The van der Waals surface area contributed by atoms with Gasteiger partial charge in [-0.3, -0.25) is 9.48 Å². The molecule has 0 N–H and O–H groups in total. The molecule has 2 aromatic rings. The lowest BCUT2D eigenvalue weighted by Crippen LogP contribution is -2.28. The molecule has 1 fully saturated rings. The minimum Gasteiger partial charge on any atom is -0.454 e. The van der Waals surface area contributed by atoms with Gasteiger partial charge in [0.2, 0.25) is 0 Å². The fourth-order valence-corrected chi connectivity index (χ4v) is 2.09. The van der Waals surface area contributed by atoms with Gasteiger partial charge in [0.05, 0.1) is 6.54 Å². The Kier molecular flexibility index (Phi) is 3.11. The van der Waals surface area contributed by atoms with Gasteiger partial charge in [-0.15, -0.1) is 0 Å². The summed E-state index contributed by atoms with van der Waals surface area (Å²) in [6.07, 6.45) is 6.06. The molecule has 0 bridgehead atoms. The highest BCUT2D eigenvalue weighted by molar-refractivity contribution is 5.91. The fourth-order valence-electron chi connectivity index (χ4n) is 2.09. The van der Waals surface area contributed by atoms with E-state index >= 15 is 0 Å².